The first-order valence-corrected chi connectivity index (χ1v) is 7.54. The highest BCUT2D eigenvalue weighted by atomic mass is 32.2. The van der Waals surface area contributed by atoms with E-state index in [1.54, 1.807) is 0 Å². The molecule has 96 valence electrons. The van der Waals surface area contributed by atoms with Crippen LogP contribution in [0, 0.1) is 0 Å². The van der Waals surface area contributed by atoms with Gasteiger partial charge in [0, 0.05) is 12.6 Å². The van der Waals surface area contributed by atoms with Gasteiger partial charge >= 0.3 is 0 Å². The van der Waals surface area contributed by atoms with Gasteiger partial charge in [0.05, 0.1) is 24.6 Å². The average Bonchev–Trinajstić information content (AvgIpc) is 2.69. The van der Waals surface area contributed by atoms with Crippen LogP contribution in [0.15, 0.2) is 16.5 Å². The van der Waals surface area contributed by atoms with Gasteiger partial charge in [-0.25, -0.2) is 8.42 Å². The van der Waals surface area contributed by atoms with Gasteiger partial charge in [-0.1, -0.05) is 0 Å². The Morgan fingerprint density at radius 1 is 1.47 bits per heavy atom. The number of nitrogens with two attached hydrogens (primary N) is 1. The molecule has 1 aliphatic rings. The fourth-order valence-corrected chi connectivity index (χ4v) is 3.71. The molecule has 0 spiro atoms. The first kappa shape index (κ1) is 12.6. The smallest absolute Gasteiger partial charge is 0.153 e. The first-order valence-electron chi connectivity index (χ1n) is 5.72. The minimum atomic E-state index is -2.85. The molecule has 1 saturated heterocycles. The summed E-state index contributed by atoms with van der Waals surface area (Å²) in [6.45, 7) is 3.55. The summed E-state index contributed by atoms with van der Waals surface area (Å²) in [5.41, 5.74) is 5.47. The van der Waals surface area contributed by atoms with Gasteiger partial charge in [-0.3, -0.25) is 4.90 Å². The molecule has 1 aliphatic heterocycles. The number of hydrogen-bond donors (Lipinski definition) is 1. The molecule has 6 heteroatoms. The number of furan rings is 1. The summed E-state index contributed by atoms with van der Waals surface area (Å²) < 4.78 is 28.4. The lowest BCUT2D eigenvalue weighted by Gasteiger charge is -2.32. The fraction of sp³-hybridized carbons (Fsp3) is 0.636. The van der Waals surface area contributed by atoms with E-state index in [0.717, 1.165) is 11.5 Å². The van der Waals surface area contributed by atoms with Crippen LogP contribution in [0.4, 0.5) is 0 Å². The molecule has 17 heavy (non-hydrogen) atoms. The number of rotatable bonds is 3. The summed E-state index contributed by atoms with van der Waals surface area (Å²) in [5, 5.41) is 0. The summed E-state index contributed by atoms with van der Waals surface area (Å²) in [4.78, 5) is 2.13. The van der Waals surface area contributed by atoms with Crippen LogP contribution in [0.2, 0.25) is 0 Å². The van der Waals surface area contributed by atoms with Crippen molar-refractivity contribution >= 4 is 9.84 Å². The lowest BCUT2D eigenvalue weighted by molar-refractivity contribution is 0.200. The molecular weight excluding hydrogens is 240 g/mol. The largest absolute Gasteiger partial charge is 0.463 e. The summed E-state index contributed by atoms with van der Waals surface area (Å²) in [5.74, 6) is 2.08. The van der Waals surface area contributed by atoms with E-state index in [-0.39, 0.29) is 17.5 Å². The van der Waals surface area contributed by atoms with E-state index in [4.69, 9.17) is 10.2 Å². The van der Waals surface area contributed by atoms with E-state index in [9.17, 15) is 8.42 Å². The van der Waals surface area contributed by atoms with Crippen LogP contribution >= 0.6 is 0 Å². The van der Waals surface area contributed by atoms with Crippen molar-refractivity contribution in [1.29, 1.82) is 0 Å². The molecule has 0 saturated carbocycles. The molecule has 1 atom stereocenters. The van der Waals surface area contributed by atoms with Crippen molar-refractivity contribution in [3.05, 3.63) is 23.7 Å². The number of hydrogen-bond acceptors (Lipinski definition) is 5. The molecular formula is C11H18N2O3S. The molecule has 0 aromatic carbocycles. The van der Waals surface area contributed by atoms with E-state index in [0.29, 0.717) is 19.6 Å². The Morgan fingerprint density at radius 3 is 2.76 bits per heavy atom. The lowest BCUT2D eigenvalue weighted by atomic mass is 10.3. The predicted octanol–water partition coefficient (Wildman–Crippen LogP) is 0.357. The monoisotopic (exact) mass is 258 g/mol. The third-order valence-corrected chi connectivity index (χ3v) is 4.88. The standard InChI is InChI=1S/C11H18N2O3S/c1-9-8-17(14,15)5-4-13(9)7-11-3-2-10(6-12)16-11/h2-3,9H,4-8,12H2,1H3. The molecule has 2 rings (SSSR count). The van der Waals surface area contributed by atoms with Crippen LogP contribution in [0.25, 0.3) is 0 Å². The highest BCUT2D eigenvalue weighted by molar-refractivity contribution is 7.91. The normalized spacial score (nSPS) is 24.9. The van der Waals surface area contributed by atoms with Gasteiger partial charge < -0.3 is 10.2 Å². The third kappa shape index (κ3) is 3.08. The summed E-state index contributed by atoms with van der Waals surface area (Å²) >= 11 is 0. The van der Waals surface area contributed by atoms with Crippen molar-refractivity contribution in [1.82, 2.24) is 4.90 Å². The summed E-state index contributed by atoms with van der Waals surface area (Å²) in [6, 6.07) is 3.80. The van der Waals surface area contributed by atoms with Gasteiger partial charge in [0.2, 0.25) is 0 Å². The zero-order chi connectivity index (χ0) is 12.5. The maximum absolute atomic E-state index is 11.4. The van der Waals surface area contributed by atoms with E-state index < -0.39 is 9.84 Å². The molecule has 0 radical (unpaired) electrons. The Bertz CT molecular complexity index is 481. The molecule has 0 amide bonds. The second-order valence-corrected chi connectivity index (χ2v) is 6.73. The zero-order valence-electron chi connectivity index (χ0n) is 9.93. The number of nitrogens with zero attached hydrogens (tertiary/aromatic N) is 1. The SMILES string of the molecule is CC1CS(=O)(=O)CCN1Cc1ccc(CN)o1. The van der Waals surface area contributed by atoms with Crippen molar-refractivity contribution in [3.8, 4) is 0 Å². The highest BCUT2D eigenvalue weighted by Gasteiger charge is 2.28. The molecule has 1 fully saturated rings. The maximum Gasteiger partial charge on any atom is 0.153 e. The molecule has 1 aromatic rings. The predicted molar refractivity (Wildman–Crippen MR) is 65.1 cm³/mol. The van der Waals surface area contributed by atoms with E-state index in [2.05, 4.69) is 4.90 Å². The average molecular weight is 258 g/mol. The highest BCUT2D eigenvalue weighted by Crippen LogP contribution is 2.16. The van der Waals surface area contributed by atoms with Gasteiger partial charge in [-0.05, 0) is 19.1 Å². The molecule has 2 heterocycles. The van der Waals surface area contributed by atoms with E-state index in [1.165, 1.54) is 0 Å². The second-order valence-electron chi connectivity index (χ2n) is 4.51. The molecule has 1 aromatic heterocycles. The van der Waals surface area contributed by atoms with Crippen molar-refractivity contribution in [3.63, 3.8) is 0 Å². The van der Waals surface area contributed by atoms with Crippen LogP contribution < -0.4 is 5.73 Å². The number of sulfone groups is 1. The van der Waals surface area contributed by atoms with Gasteiger partial charge in [0.1, 0.15) is 11.5 Å². The minimum Gasteiger partial charge on any atom is -0.463 e. The van der Waals surface area contributed by atoms with Gasteiger partial charge in [0.15, 0.2) is 9.84 Å². The van der Waals surface area contributed by atoms with Crippen molar-refractivity contribution in [2.45, 2.75) is 26.1 Å². The van der Waals surface area contributed by atoms with Crippen LogP contribution in [-0.2, 0) is 22.9 Å². The van der Waals surface area contributed by atoms with Crippen LogP contribution in [-0.4, -0.2) is 37.4 Å². The topological polar surface area (TPSA) is 76.5 Å². The van der Waals surface area contributed by atoms with Gasteiger partial charge in [-0.15, -0.1) is 0 Å². The minimum absolute atomic E-state index is 0.0418. The Labute approximate surface area is 101 Å². The fourth-order valence-electron chi connectivity index (χ4n) is 2.09. The summed E-state index contributed by atoms with van der Waals surface area (Å²) in [6.07, 6.45) is 0. The molecule has 0 bridgehead atoms. The van der Waals surface area contributed by atoms with Crippen LogP contribution in [0.5, 0.6) is 0 Å². The molecule has 5 nitrogen and oxygen atoms in total. The van der Waals surface area contributed by atoms with Crippen molar-refractivity contribution in [2.24, 2.45) is 5.73 Å². The Morgan fingerprint density at radius 2 is 2.18 bits per heavy atom. The Hall–Kier alpha value is -0.850. The summed E-state index contributed by atoms with van der Waals surface area (Å²) in [7, 11) is -2.85. The maximum atomic E-state index is 11.4. The van der Waals surface area contributed by atoms with Crippen molar-refractivity contribution in [2.75, 3.05) is 18.1 Å². The third-order valence-electron chi connectivity index (χ3n) is 3.09. The van der Waals surface area contributed by atoms with Gasteiger partial charge in [0.25, 0.3) is 0 Å². The lowest BCUT2D eigenvalue weighted by Crippen LogP contribution is -2.46. The molecule has 1 unspecified atom stereocenters. The first-order chi connectivity index (χ1) is 8.00. The molecule has 0 aliphatic carbocycles. The van der Waals surface area contributed by atoms with E-state index in [1.807, 2.05) is 19.1 Å². The Kier molecular flexibility index (Phi) is 3.56. The Balaban J connectivity index is 2.00. The molecule has 2 N–H and O–H groups in total. The van der Waals surface area contributed by atoms with E-state index >= 15 is 0 Å². The second kappa shape index (κ2) is 4.80. The van der Waals surface area contributed by atoms with Crippen molar-refractivity contribution < 1.29 is 12.8 Å². The zero-order valence-corrected chi connectivity index (χ0v) is 10.7. The van der Waals surface area contributed by atoms with Crippen LogP contribution in [0.3, 0.4) is 0 Å². The van der Waals surface area contributed by atoms with Gasteiger partial charge in [-0.2, -0.15) is 0 Å². The quantitative estimate of drug-likeness (QED) is 0.847. The van der Waals surface area contributed by atoms with Crippen LogP contribution in [0.1, 0.15) is 18.4 Å².